The van der Waals surface area contributed by atoms with Crippen molar-refractivity contribution in [2.45, 2.75) is 13.8 Å². The Labute approximate surface area is 233 Å². The molecule has 0 aliphatic carbocycles. The number of aromatic nitrogens is 3. The second-order valence-electron chi connectivity index (χ2n) is 10.3. The topological polar surface area (TPSA) is 38.7 Å². The number of pyridine rings is 3. The average Bonchev–Trinajstić information content (AvgIpc) is 3.01. The molecule has 0 aliphatic heterocycles. The molecule has 0 unspecified atom stereocenters. The minimum absolute atomic E-state index is 0.967. The van der Waals surface area contributed by atoms with Crippen molar-refractivity contribution >= 4 is 21.7 Å². The second kappa shape index (κ2) is 9.87. The maximum atomic E-state index is 4.73. The van der Waals surface area contributed by atoms with Gasteiger partial charge in [0, 0.05) is 41.3 Å². The van der Waals surface area contributed by atoms with E-state index in [9.17, 15) is 0 Å². The lowest BCUT2D eigenvalue weighted by Crippen LogP contribution is -1.92. The molecule has 0 bridgehead atoms. The predicted octanol–water partition coefficient (Wildman–Crippen LogP) is 9.46. The van der Waals surface area contributed by atoms with Gasteiger partial charge in [0.25, 0.3) is 0 Å². The molecule has 0 saturated heterocycles. The molecule has 4 aromatic carbocycles. The SMILES string of the molecule is Cc1cncc(-c2cc(-c3cc(-c4ccccn4)ccc3C)cc(-c3cc4ncccc4c4ccccc34)c2)c1. The van der Waals surface area contributed by atoms with Crippen LogP contribution >= 0.6 is 0 Å². The van der Waals surface area contributed by atoms with Crippen molar-refractivity contribution < 1.29 is 0 Å². The van der Waals surface area contributed by atoms with Crippen molar-refractivity contribution in [2.75, 3.05) is 0 Å². The van der Waals surface area contributed by atoms with Crippen molar-refractivity contribution in [2.24, 2.45) is 0 Å². The zero-order valence-electron chi connectivity index (χ0n) is 22.5. The molecule has 40 heavy (non-hydrogen) atoms. The minimum Gasteiger partial charge on any atom is -0.264 e. The van der Waals surface area contributed by atoms with Crippen molar-refractivity contribution in [1.29, 1.82) is 0 Å². The molecular weight excluding hydrogens is 486 g/mol. The maximum Gasteiger partial charge on any atom is 0.0714 e. The van der Waals surface area contributed by atoms with E-state index < -0.39 is 0 Å². The van der Waals surface area contributed by atoms with E-state index in [1.807, 2.05) is 43.0 Å². The van der Waals surface area contributed by atoms with Crippen LogP contribution in [0.15, 0.2) is 128 Å². The second-order valence-corrected chi connectivity index (χ2v) is 10.3. The first-order valence-electron chi connectivity index (χ1n) is 13.5. The number of fused-ring (bicyclic) bond motifs is 3. The molecule has 3 heteroatoms. The number of rotatable bonds is 4. The summed E-state index contributed by atoms with van der Waals surface area (Å²) in [6.45, 7) is 4.26. The average molecular weight is 514 g/mol. The van der Waals surface area contributed by atoms with Gasteiger partial charge in [0.15, 0.2) is 0 Å². The Hall–Kier alpha value is -5.15. The van der Waals surface area contributed by atoms with Gasteiger partial charge in [0.2, 0.25) is 0 Å². The Morgan fingerprint density at radius 2 is 1.23 bits per heavy atom. The lowest BCUT2D eigenvalue weighted by atomic mass is 9.89. The summed E-state index contributed by atoms with van der Waals surface area (Å²) in [4.78, 5) is 13.8. The van der Waals surface area contributed by atoms with Gasteiger partial charge in [-0.3, -0.25) is 15.0 Å². The van der Waals surface area contributed by atoms with Gasteiger partial charge >= 0.3 is 0 Å². The number of nitrogens with zero attached hydrogens (tertiary/aromatic N) is 3. The van der Waals surface area contributed by atoms with Crippen LogP contribution in [-0.2, 0) is 0 Å². The van der Waals surface area contributed by atoms with Crippen LogP contribution in [0.5, 0.6) is 0 Å². The Morgan fingerprint density at radius 3 is 2.05 bits per heavy atom. The highest BCUT2D eigenvalue weighted by Crippen LogP contribution is 2.39. The van der Waals surface area contributed by atoms with Gasteiger partial charge in [0.05, 0.1) is 11.2 Å². The highest BCUT2D eigenvalue weighted by atomic mass is 14.7. The summed E-state index contributed by atoms with van der Waals surface area (Å²) in [6.07, 6.45) is 7.56. The van der Waals surface area contributed by atoms with Gasteiger partial charge in [-0.25, -0.2) is 0 Å². The van der Waals surface area contributed by atoms with Gasteiger partial charge in [-0.1, -0.05) is 48.5 Å². The molecule has 3 aromatic heterocycles. The van der Waals surface area contributed by atoms with Gasteiger partial charge in [-0.2, -0.15) is 0 Å². The minimum atomic E-state index is 0.967. The third-order valence-corrected chi connectivity index (χ3v) is 7.59. The highest BCUT2D eigenvalue weighted by Gasteiger charge is 2.14. The lowest BCUT2D eigenvalue weighted by molar-refractivity contribution is 1.27. The first kappa shape index (κ1) is 23.9. The van der Waals surface area contributed by atoms with Gasteiger partial charge in [-0.15, -0.1) is 0 Å². The van der Waals surface area contributed by atoms with Crippen LogP contribution in [-0.4, -0.2) is 15.0 Å². The Kier molecular flexibility index (Phi) is 5.90. The smallest absolute Gasteiger partial charge is 0.0714 e. The summed E-state index contributed by atoms with van der Waals surface area (Å²) in [5.74, 6) is 0. The van der Waals surface area contributed by atoms with E-state index in [1.54, 1.807) is 0 Å². The summed E-state index contributed by atoms with van der Waals surface area (Å²) in [5.41, 5.74) is 12.3. The van der Waals surface area contributed by atoms with E-state index in [1.165, 1.54) is 32.8 Å². The number of hydrogen-bond donors (Lipinski definition) is 0. The van der Waals surface area contributed by atoms with E-state index >= 15 is 0 Å². The van der Waals surface area contributed by atoms with E-state index in [-0.39, 0.29) is 0 Å². The fraction of sp³-hybridized carbons (Fsp3) is 0.0541. The Balaban J connectivity index is 1.51. The quantitative estimate of drug-likeness (QED) is 0.220. The van der Waals surface area contributed by atoms with Crippen LogP contribution in [0.3, 0.4) is 0 Å². The van der Waals surface area contributed by atoms with E-state index in [2.05, 4.69) is 109 Å². The zero-order chi connectivity index (χ0) is 27.1. The van der Waals surface area contributed by atoms with Crippen LogP contribution in [0.1, 0.15) is 11.1 Å². The van der Waals surface area contributed by atoms with Crippen LogP contribution in [0, 0.1) is 13.8 Å². The largest absolute Gasteiger partial charge is 0.264 e. The number of hydrogen-bond acceptors (Lipinski definition) is 3. The first-order chi connectivity index (χ1) is 19.6. The molecule has 190 valence electrons. The highest BCUT2D eigenvalue weighted by molar-refractivity contribution is 6.13. The molecule has 0 radical (unpaired) electrons. The van der Waals surface area contributed by atoms with Gasteiger partial charge in [0.1, 0.15) is 0 Å². The normalized spacial score (nSPS) is 11.2. The summed E-state index contributed by atoms with van der Waals surface area (Å²) >= 11 is 0. The number of aryl methyl sites for hydroxylation is 2. The molecule has 0 fully saturated rings. The summed E-state index contributed by atoms with van der Waals surface area (Å²) in [7, 11) is 0. The van der Waals surface area contributed by atoms with E-state index in [0.29, 0.717) is 0 Å². The van der Waals surface area contributed by atoms with Crippen molar-refractivity contribution in [3.63, 3.8) is 0 Å². The molecule has 3 nitrogen and oxygen atoms in total. The third-order valence-electron chi connectivity index (χ3n) is 7.59. The monoisotopic (exact) mass is 513 g/mol. The molecule has 3 heterocycles. The fourth-order valence-corrected chi connectivity index (χ4v) is 5.61. The van der Waals surface area contributed by atoms with E-state index in [4.69, 9.17) is 4.98 Å². The van der Waals surface area contributed by atoms with Crippen molar-refractivity contribution in [3.8, 4) is 44.6 Å². The molecule has 0 amide bonds. The maximum absolute atomic E-state index is 4.73. The van der Waals surface area contributed by atoms with Crippen molar-refractivity contribution in [3.05, 3.63) is 139 Å². The Bertz CT molecular complexity index is 2030. The molecule has 0 saturated carbocycles. The first-order valence-corrected chi connectivity index (χ1v) is 13.5. The molecule has 0 N–H and O–H groups in total. The van der Waals surface area contributed by atoms with Crippen molar-refractivity contribution in [1.82, 2.24) is 15.0 Å². The lowest BCUT2D eigenvalue weighted by Gasteiger charge is -2.16. The Morgan fingerprint density at radius 1 is 0.475 bits per heavy atom. The van der Waals surface area contributed by atoms with Crippen LogP contribution < -0.4 is 0 Å². The van der Waals surface area contributed by atoms with Crippen LogP contribution in [0.25, 0.3) is 66.3 Å². The van der Waals surface area contributed by atoms with Gasteiger partial charge < -0.3 is 0 Å². The summed E-state index contributed by atoms with van der Waals surface area (Å²) in [6, 6.07) is 36.7. The van der Waals surface area contributed by atoms with Crippen LogP contribution in [0.4, 0.5) is 0 Å². The molecule has 7 aromatic rings. The molecule has 7 rings (SSSR count). The molecule has 0 spiro atoms. The van der Waals surface area contributed by atoms with Crippen LogP contribution in [0.2, 0.25) is 0 Å². The molecule has 0 atom stereocenters. The van der Waals surface area contributed by atoms with Gasteiger partial charge in [-0.05, 0) is 118 Å². The standard InChI is InChI=1S/C37H27N3/c1-24-16-30(23-38-22-24)27-17-28(34-20-26(13-12-25(34)2)36-11-5-6-14-39-36)19-29(18-27)35-21-37-33(10-7-15-40-37)31-8-3-4-9-32(31)35/h3-23H,1-2H3. The molecule has 0 aliphatic rings. The number of benzene rings is 4. The molecular formula is C37H27N3. The summed E-state index contributed by atoms with van der Waals surface area (Å²) < 4.78 is 0. The third kappa shape index (κ3) is 4.32. The predicted molar refractivity (Wildman–Crippen MR) is 166 cm³/mol. The fourth-order valence-electron chi connectivity index (χ4n) is 5.61. The van der Waals surface area contributed by atoms with E-state index in [0.717, 1.165) is 44.6 Å². The summed E-state index contributed by atoms with van der Waals surface area (Å²) in [5, 5.41) is 3.59. The zero-order valence-corrected chi connectivity index (χ0v) is 22.5.